The number of aliphatic carboxylic acids is 1. The number of halogens is 1. The summed E-state index contributed by atoms with van der Waals surface area (Å²) in [6.07, 6.45) is 0. The van der Waals surface area contributed by atoms with Gasteiger partial charge in [0, 0.05) is 26.2 Å². The van der Waals surface area contributed by atoms with Crippen LogP contribution in [0, 0.1) is 11.2 Å². The maximum Gasteiger partial charge on any atom is 0.318 e. The lowest BCUT2D eigenvalue weighted by Gasteiger charge is -2.38. The van der Waals surface area contributed by atoms with E-state index in [9.17, 15) is 14.0 Å². The van der Waals surface area contributed by atoms with E-state index >= 15 is 0 Å². The molecule has 0 unspecified atom stereocenters. The molecule has 21 heavy (non-hydrogen) atoms. The summed E-state index contributed by atoms with van der Waals surface area (Å²) in [5.74, 6) is -1.82. The lowest BCUT2D eigenvalue weighted by molar-refractivity contribution is -0.158. The van der Waals surface area contributed by atoms with E-state index in [-0.39, 0.29) is 5.82 Å². The second-order valence-electron chi connectivity index (χ2n) is 5.66. The zero-order valence-electron chi connectivity index (χ0n) is 12.2. The van der Waals surface area contributed by atoms with E-state index in [1.165, 1.54) is 24.8 Å². The Balaban J connectivity index is 2.03. The summed E-state index contributed by atoms with van der Waals surface area (Å²) in [7, 11) is 0. The van der Waals surface area contributed by atoms with Crippen LogP contribution in [0.25, 0.3) is 0 Å². The standard InChI is InChI=1S/C15H19FN2O3/c1-15(2,14(20)21)13(19)18-9-7-17(8-10-18)12-6-4-3-5-11(12)16/h3-6H,7-10H2,1-2H3,(H,20,21). The first-order valence-corrected chi connectivity index (χ1v) is 6.86. The van der Waals surface area contributed by atoms with Gasteiger partial charge in [0.15, 0.2) is 0 Å². The first kappa shape index (κ1) is 15.3. The Bertz CT molecular complexity index is 552. The van der Waals surface area contributed by atoms with Crippen molar-refractivity contribution in [3.05, 3.63) is 30.1 Å². The molecule has 6 heteroatoms. The molecule has 2 rings (SSSR count). The zero-order chi connectivity index (χ0) is 15.6. The summed E-state index contributed by atoms with van der Waals surface area (Å²) < 4.78 is 13.7. The molecule has 0 saturated carbocycles. The molecule has 1 amide bonds. The van der Waals surface area contributed by atoms with Crippen LogP contribution in [0.5, 0.6) is 0 Å². The molecule has 0 aliphatic carbocycles. The van der Waals surface area contributed by atoms with E-state index in [0.29, 0.717) is 31.9 Å². The maximum absolute atomic E-state index is 13.7. The summed E-state index contributed by atoms with van der Waals surface area (Å²) in [6, 6.07) is 6.51. The number of carbonyl (C=O) groups excluding carboxylic acids is 1. The third-order valence-corrected chi connectivity index (χ3v) is 3.83. The molecule has 1 aromatic rings. The van der Waals surface area contributed by atoms with Crippen molar-refractivity contribution in [2.45, 2.75) is 13.8 Å². The highest BCUT2D eigenvalue weighted by Crippen LogP contribution is 2.23. The van der Waals surface area contributed by atoms with Crippen molar-refractivity contribution in [1.82, 2.24) is 4.90 Å². The minimum Gasteiger partial charge on any atom is -0.480 e. The molecule has 1 N–H and O–H groups in total. The van der Waals surface area contributed by atoms with E-state index in [2.05, 4.69) is 0 Å². The van der Waals surface area contributed by atoms with Crippen LogP contribution in [0.4, 0.5) is 10.1 Å². The molecular formula is C15H19FN2O3. The van der Waals surface area contributed by atoms with Crippen LogP contribution in [0.15, 0.2) is 24.3 Å². The molecule has 0 bridgehead atoms. The Morgan fingerprint density at radius 1 is 1.14 bits per heavy atom. The lowest BCUT2D eigenvalue weighted by Crippen LogP contribution is -2.54. The van der Waals surface area contributed by atoms with Gasteiger partial charge in [-0.05, 0) is 26.0 Å². The molecule has 1 aromatic carbocycles. The number of carbonyl (C=O) groups is 2. The summed E-state index contributed by atoms with van der Waals surface area (Å²) >= 11 is 0. The second-order valence-corrected chi connectivity index (χ2v) is 5.66. The predicted molar refractivity (Wildman–Crippen MR) is 76.6 cm³/mol. The monoisotopic (exact) mass is 294 g/mol. The van der Waals surface area contributed by atoms with Crippen LogP contribution in [-0.4, -0.2) is 48.1 Å². The molecule has 0 radical (unpaired) electrons. The summed E-state index contributed by atoms with van der Waals surface area (Å²) in [5.41, 5.74) is -0.915. The van der Waals surface area contributed by atoms with Gasteiger partial charge in [0.25, 0.3) is 0 Å². The Labute approximate surface area is 123 Å². The van der Waals surface area contributed by atoms with E-state index in [1.54, 1.807) is 18.2 Å². The minimum atomic E-state index is -1.43. The van der Waals surface area contributed by atoms with Crippen LogP contribution in [-0.2, 0) is 9.59 Å². The number of piperazine rings is 1. The number of para-hydroxylation sites is 1. The Morgan fingerprint density at radius 3 is 2.24 bits per heavy atom. The molecule has 1 aliphatic heterocycles. The van der Waals surface area contributed by atoms with E-state index in [1.807, 2.05) is 4.90 Å². The molecule has 0 atom stereocenters. The number of benzene rings is 1. The molecule has 0 aromatic heterocycles. The van der Waals surface area contributed by atoms with E-state index in [0.717, 1.165) is 0 Å². The molecule has 1 fully saturated rings. The third kappa shape index (κ3) is 2.99. The van der Waals surface area contributed by atoms with Crippen LogP contribution in [0.1, 0.15) is 13.8 Å². The van der Waals surface area contributed by atoms with Crippen LogP contribution >= 0.6 is 0 Å². The van der Waals surface area contributed by atoms with Crippen molar-refractivity contribution in [2.75, 3.05) is 31.1 Å². The number of rotatable bonds is 3. The van der Waals surface area contributed by atoms with Gasteiger partial charge in [-0.2, -0.15) is 0 Å². The van der Waals surface area contributed by atoms with Crippen molar-refractivity contribution in [3.63, 3.8) is 0 Å². The number of hydrogen-bond acceptors (Lipinski definition) is 3. The van der Waals surface area contributed by atoms with Gasteiger partial charge in [-0.25, -0.2) is 4.39 Å². The highest BCUT2D eigenvalue weighted by Gasteiger charge is 2.40. The van der Waals surface area contributed by atoms with Crippen molar-refractivity contribution < 1.29 is 19.1 Å². The van der Waals surface area contributed by atoms with Gasteiger partial charge in [0.2, 0.25) is 5.91 Å². The largest absolute Gasteiger partial charge is 0.480 e. The number of carboxylic acid groups (broad SMARTS) is 1. The molecule has 114 valence electrons. The third-order valence-electron chi connectivity index (χ3n) is 3.83. The fraction of sp³-hybridized carbons (Fsp3) is 0.467. The van der Waals surface area contributed by atoms with E-state index < -0.39 is 17.3 Å². The van der Waals surface area contributed by atoms with Gasteiger partial charge in [0.1, 0.15) is 11.2 Å². The number of hydrogen-bond donors (Lipinski definition) is 1. The first-order valence-electron chi connectivity index (χ1n) is 6.86. The molecule has 1 heterocycles. The Kier molecular flexibility index (Phi) is 4.16. The summed E-state index contributed by atoms with van der Waals surface area (Å²) in [6.45, 7) is 4.57. The van der Waals surface area contributed by atoms with Gasteiger partial charge in [0.05, 0.1) is 5.69 Å². The normalized spacial score (nSPS) is 16.0. The van der Waals surface area contributed by atoms with Gasteiger partial charge >= 0.3 is 5.97 Å². The molecule has 1 saturated heterocycles. The number of amides is 1. The van der Waals surface area contributed by atoms with Gasteiger partial charge < -0.3 is 14.9 Å². The number of carboxylic acids is 1. The second kappa shape index (κ2) is 5.71. The van der Waals surface area contributed by atoms with Crippen LogP contribution in [0.3, 0.4) is 0 Å². The maximum atomic E-state index is 13.7. The fourth-order valence-electron chi connectivity index (χ4n) is 2.35. The van der Waals surface area contributed by atoms with Crippen molar-refractivity contribution >= 4 is 17.6 Å². The van der Waals surface area contributed by atoms with Crippen molar-refractivity contribution in [3.8, 4) is 0 Å². The van der Waals surface area contributed by atoms with Crippen LogP contribution in [0.2, 0.25) is 0 Å². The van der Waals surface area contributed by atoms with Gasteiger partial charge in [-0.3, -0.25) is 9.59 Å². The highest BCUT2D eigenvalue weighted by molar-refractivity contribution is 6.01. The minimum absolute atomic E-state index is 0.289. The fourth-order valence-corrected chi connectivity index (χ4v) is 2.35. The predicted octanol–water partition coefficient (Wildman–Crippen LogP) is 1.59. The van der Waals surface area contributed by atoms with E-state index in [4.69, 9.17) is 5.11 Å². The average Bonchev–Trinajstić information content (AvgIpc) is 2.47. The Hall–Kier alpha value is -2.11. The van der Waals surface area contributed by atoms with Gasteiger partial charge in [-0.1, -0.05) is 12.1 Å². The summed E-state index contributed by atoms with van der Waals surface area (Å²) in [5, 5.41) is 9.10. The zero-order valence-corrected chi connectivity index (χ0v) is 12.2. The smallest absolute Gasteiger partial charge is 0.318 e. The first-order chi connectivity index (χ1) is 9.84. The molecule has 0 spiro atoms. The topological polar surface area (TPSA) is 60.9 Å². The number of anilines is 1. The van der Waals surface area contributed by atoms with Crippen molar-refractivity contribution in [1.29, 1.82) is 0 Å². The lowest BCUT2D eigenvalue weighted by atomic mass is 9.91. The SMILES string of the molecule is CC(C)(C(=O)O)C(=O)N1CCN(c2ccccc2F)CC1. The van der Waals surface area contributed by atoms with Gasteiger partial charge in [-0.15, -0.1) is 0 Å². The highest BCUT2D eigenvalue weighted by atomic mass is 19.1. The molecule has 5 nitrogen and oxygen atoms in total. The number of nitrogens with zero attached hydrogens (tertiary/aromatic N) is 2. The summed E-state index contributed by atoms with van der Waals surface area (Å²) in [4.78, 5) is 26.8. The Morgan fingerprint density at radius 2 is 1.71 bits per heavy atom. The molecular weight excluding hydrogens is 275 g/mol. The van der Waals surface area contributed by atoms with Crippen LogP contribution < -0.4 is 4.90 Å². The molecule has 1 aliphatic rings. The average molecular weight is 294 g/mol. The quantitative estimate of drug-likeness (QED) is 0.860. The van der Waals surface area contributed by atoms with Crippen molar-refractivity contribution in [2.24, 2.45) is 5.41 Å².